The van der Waals surface area contributed by atoms with Crippen molar-refractivity contribution in [2.75, 3.05) is 11.4 Å². The highest BCUT2D eigenvalue weighted by Gasteiger charge is 2.26. The van der Waals surface area contributed by atoms with E-state index >= 15 is 0 Å². The Morgan fingerprint density at radius 1 is 1.16 bits per heavy atom. The molecule has 0 saturated heterocycles. The Labute approximate surface area is 129 Å². The number of aromatic nitrogens is 1. The first-order chi connectivity index (χ1) is 8.74. The Morgan fingerprint density at radius 2 is 2.00 bits per heavy atom. The SMILES string of the molecule is Clc1ccc(CN2CC[n+]3ccccc32)c(Cl)c1.[Cl-]. The van der Waals surface area contributed by atoms with E-state index in [1.807, 2.05) is 12.1 Å². The van der Waals surface area contributed by atoms with Crippen molar-refractivity contribution in [3.05, 3.63) is 58.2 Å². The fraction of sp³-hybridized carbons (Fsp3) is 0.214. The summed E-state index contributed by atoms with van der Waals surface area (Å²) in [5.41, 5.74) is 1.11. The zero-order chi connectivity index (χ0) is 12.5. The highest BCUT2D eigenvalue weighted by atomic mass is 35.5. The first-order valence-electron chi connectivity index (χ1n) is 5.91. The minimum Gasteiger partial charge on any atom is -1.00 e. The Balaban J connectivity index is 0.00000133. The van der Waals surface area contributed by atoms with Gasteiger partial charge >= 0.3 is 0 Å². The fourth-order valence-corrected chi connectivity index (χ4v) is 2.77. The summed E-state index contributed by atoms with van der Waals surface area (Å²) in [7, 11) is 0. The van der Waals surface area contributed by atoms with E-state index < -0.39 is 0 Å². The molecule has 0 saturated carbocycles. The summed E-state index contributed by atoms with van der Waals surface area (Å²) in [6, 6.07) is 11.9. The maximum atomic E-state index is 6.22. The minimum atomic E-state index is 0. The lowest BCUT2D eigenvalue weighted by Crippen LogP contribution is -3.00. The van der Waals surface area contributed by atoms with Crippen molar-refractivity contribution in [3.8, 4) is 0 Å². The third-order valence-electron chi connectivity index (χ3n) is 3.23. The van der Waals surface area contributed by atoms with Crippen LogP contribution < -0.4 is 21.9 Å². The van der Waals surface area contributed by atoms with E-state index in [2.05, 4.69) is 33.9 Å². The van der Waals surface area contributed by atoms with Crippen molar-refractivity contribution >= 4 is 29.0 Å². The summed E-state index contributed by atoms with van der Waals surface area (Å²) >= 11 is 12.1. The highest BCUT2D eigenvalue weighted by Crippen LogP contribution is 2.24. The number of hydrogen-bond donors (Lipinski definition) is 0. The van der Waals surface area contributed by atoms with Crippen LogP contribution >= 0.6 is 23.2 Å². The average molecular weight is 316 g/mol. The van der Waals surface area contributed by atoms with Crippen LogP contribution in [0.2, 0.25) is 10.0 Å². The van der Waals surface area contributed by atoms with Gasteiger partial charge in [0.25, 0.3) is 5.82 Å². The van der Waals surface area contributed by atoms with Gasteiger partial charge < -0.3 is 12.4 Å². The third kappa shape index (κ3) is 2.97. The van der Waals surface area contributed by atoms with E-state index in [0.29, 0.717) is 5.02 Å². The van der Waals surface area contributed by atoms with Gasteiger partial charge in [-0.3, -0.25) is 4.90 Å². The van der Waals surface area contributed by atoms with Gasteiger partial charge in [-0.1, -0.05) is 35.3 Å². The molecule has 1 aromatic carbocycles. The van der Waals surface area contributed by atoms with Crippen LogP contribution in [0.5, 0.6) is 0 Å². The second kappa shape index (κ2) is 6.00. The average Bonchev–Trinajstić information content (AvgIpc) is 2.76. The van der Waals surface area contributed by atoms with Crippen molar-refractivity contribution in [1.29, 1.82) is 0 Å². The number of anilines is 1. The van der Waals surface area contributed by atoms with Crippen LogP contribution in [0.1, 0.15) is 5.56 Å². The molecule has 1 aliphatic rings. The number of hydrogen-bond acceptors (Lipinski definition) is 1. The first-order valence-corrected chi connectivity index (χ1v) is 6.67. The molecule has 2 heterocycles. The fourth-order valence-electron chi connectivity index (χ4n) is 2.30. The summed E-state index contributed by atoms with van der Waals surface area (Å²) in [5, 5.41) is 1.41. The highest BCUT2D eigenvalue weighted by molar-refractivity contribution is 6.35. The lowest BCUT2D eigenvalue weighted by Gasteiger charge is -2.11. The molecular weight excluding hydrogens is 303 g/mol. The Morgan fingerprint density at radius 3 is 2.79 bits per heavy atom. The molecule has 1 aromatic heterocycles. The zero-order valence-electron chi connectivity index (χ0n) is 10.2. The number of pyridine rings is 1. The summed E-state index contributed by atoms with van der Waals surface area (Å²) < 4.78 is 2.25. The Bertz CT molecular complexity index is 587. The van der Waals surface area contributed by atoms with Crippen molar-refractivity contribution in [3.63, 3.8) is 0 Å². The molecule has 19 heavy (non-hydrogen) atoms. The van der Waals surface area contributed by atoms with Crippen LogP contribution in [0, 0.1) is 0 Å². The second-order valence-electron chi connectivity index (χ2n) is 4.41. The quantitative estimate of drug-likeness (QED) is 0.723. The summed E-state index contributed by atoms with van der Waals surface area (Å²) in [5.74, 6) is 1.24. The molecule has 0 radical (unpaired) electrons. The van der Waals surface area contributed by atoms with E-state index in [-0.39, 0.29) is 12.4 Å². The van der Waals surface area contributed by atoms with Crippen LogP contribution in [0.4, 0.5) is 5.82 Å². The molecule has 2 aromatic rings. The Kier molecular flexibility index (Phi) is 4.56. The molecule has 0 aliphatic carbocycles. The maximum absolute atomic E-state index is 6.22. The van der Waals surface area contributed by atoms with Crippen molar-refractivity contribution in [1.82, 2.24) is 0 Å². The van der Waals surface area contributed by atoms with Crippen molar-refractivity contribution in [2.45, 2.75) is 13.1 Å². The van der Waals surface area contributed by atoms with Gasteiger partial charge in [-0.15, -0.1) is 0 Å². The van der Waals surface area contributed by atoms with E-state index in [1.165, 1.54) is 5.82 Å². The van der Waals surface area contributed by atoms with Gasteiger partial charge in [0.2, 0.25) is 0 Å². The third-order valence-corrected chi connectivity index (χ3v) is 3.81. The van der Waals surface area contributed by atoms with E-state index in [4.69, 9.17) is 23.2 Å². The van der Waals surface area contributed by atoms with Gasteiger partial charge in [0.1, 0.15) is 19.6 Å². The van der Waals surface area contributed by atoms with Gasteiger partial charge in [0.05, 0.1) is 6.20 Å². The molecule has 0 bridgehead atoms. The Hall–Kier alpha value is -0.960. The molecule has 0 amide bonds. The summed E-state index contributed by atoms with van der Waals surface area (Å²) in [6.07, 6.45) is 2.11. The van der Waals surface area contributed by atoms with E-state index in [9.17, 15) is 0 Å². The maximum Gasteiger partial charge on any atom is 0.277 e. The molecule has 0 atom stereocenters. The van der Waals surface area contributed by atoms with Crippen molar-refractivity contribution < 1.29 is 17.0 Å². The van der Waals surface area contributed by atoms with Crippen LogP contribution in [0.25, 0.3) is 0 Å². The molecule has 100 valence electrons. The first kappa shape index (κ1) is 14.4. The zero-order valence-corrected chi connectivity index (χ0v) is 12.5. The normalized spacial score (nSPS) is 13.1. The molecule has 0 fully saturated rings. The summed E-state index contributed by atoms with van der Waals surface area (Å²) in [4.78, 5) is 2.33. The second-order valence-corrected chi connectivity index (χ2v) is 5.25. The predicted octanol–water partition coefficient (Wildman–Crippen LogP) is 0.305. The molecular formula is C14H13Cl3N2. The molecule has 5 heteroatoms. The van der Waals surface area contributed by atoms with Gasteiger partial charge in [0, 0.05) is 21.7 Å². The van der Waals surface area contributed by atoms with Gasteiger partial charge in [0.15, 0.2) is 0 Å². The van der Waals surface area contributed by atoms with E-state index in [0.717, 1.165) is 30.2 Å². The standard InChI is InChI=1S/C14H13Cl2N2.ClH/c15-12-5-4-11(13(16)9-12)10-18-8-7-17-6-2-1-3-14(17)18;/h1-6,9H,7-8,10H2;1H/q+1;/p-1. The minimum absolute atomic E-state index is 0. The summed E-state index contributed by atoms with van der Waals surface area (Å²) in [6.45, 7) is 2.87. The van der Waals surface area contributed by atoms with E-state index in [1.54, 1.807) is 6.07 Å². The largest absolute Gasteiger partial charge is 1.00 e. The van der Waals surface area contributed by atoms with Crippen LogP contribution in [0.3, 0.4) is 0 Å². The van der Waals surface area contributed by atoms with Gasteiger partial charge in [-0.25, -0.2) is 4.57 Å². The number of nitrogens with zero attached hydrogens (tertiary/aromatic N) is 2. The van der Waals surface area contributed by atoms with Gasteiger partial charge in [-0.05, 0) is 18.2 Å². The van der Waals surface area contributed by atoms with Crippen molar-refractivity contribution in [2.24, 2.45) is 0 Å². The smallest absolute Gasteiger partial charge is 0.277 e. The van der Waals surface area contributed by atoms with Gasteiger partial charge in [-0.2, -0.15) is 0 Å². The van der Waals surface area contributed by atoms with Crippen LogP contribution in [0.15, 0.2) is 42.6 Å². The topological polar surface area (TPSA) is 7.12 Å². The molecule has 2 nitrogen and oxygen atoms in total. The number of benzene rings is 1. The molecule has 1 aliphatic heterocycles. The lowest BCUT2D eigenvalue weighted by atomic mass is 10.2. The predicted molar refractivity (Wildman–Crippen MR) is 74.1 cm³/mol. The number of fused-ring (bicyclic) bond motifs is 1. The molecule has 0 spiro atoms. The lowest BCUT2D eigenvalue weighted by molar-refractivity contribution is -0.671. The van der Waals surface area contributed by atoms with Crippen LogP contribution in [-0.2, 0) is 13.1 Å². The monoisotopic (exact) mass is 314 g/mol. The molecule has 3 rings (SSSR count). The molecule has 0 unspecified atom stereocenters. The number of rotatable bonds is 2. The van der Waals surface area contributed by atoms with Crippen LogP contribution in [-0.4, -0.2) is 6.54 Å². The number of halogens is 3. The molecule has 0 N–H and O–H groups in total.